The zero-order chi connectivity index (χ0) is 24.8. The van der Waals surface area contributed by atoms with Gasteiger partial charge in [0, 0.05) is 17.1 Å². The molecule has 5 nitrogen and oxygen atoms in total. The largest absolute Gasteiger partial charge is 0.497 e. The van der Waals surface area contributed by atoms with Crippen molar-refractivity contribution in [1.29, 1.82) is 0 Å². The Morgan fingerprint density at radius 1 is 1.37 bits per heavy atom. The normalized spacial score (nSPS) is 16.4. The van der Waals surface area contributed by atoms with Gasteiger partial charge in [-0.05, 0) is 73.8 Å². The van der Waals surface area contributed by atoms with Crippen LogP contribution in [0.2, 0.25) is 5.02 Å². The number of benzene rings is 1. The van der Waals surface area contributed by atoms with Gasteiger partial charge in [0.25, 0.3) is 0 Å². The number of thiophene rings is 1. The molecule has 0 saturated carbocycles. The van der Waals surface area contributed by atoms with Crippen LogP contribution in [0.1, 0.15) is 48.7 Å². The van der Waals surface area contributed by atoms with Crippen LogP contribution in [0.4, 0.5) is 4.39 Å². The average Bonchev–Trinajstić information content (AvgIpc) is 3.36. The molecule has 1 aliphatic rings. The Balaban J connectivity index is 1.44. The van der Waals surface area contributed by atoms with Crippen LogP contribution in [0.5, 0.6) is 5.75 Å². The van der Waals surface area contributed by atoms with Gasteiger partial charge in [0.15, 0.2) is 0 Å². The van der Waals surface area contributed by atoms with E-state index < -0.39 is 17.6 Å². The number of aromatic nitrogens is 1. The van der Waals surface area contributed by atoms with Crippen molar-refractivity contribution in [2.45, 2.75) is 38.3 Å². The Labute approximate surface area is 213 Å². The maximum Gasteiger partial charge on any atom is 0.303 e. The molecule has 0 amide bonds. The number of carbonyl (C=O) groups is 1. The summed E-state index contributed by atoms with van der Waals surface area (Å²) in [6, 6.07) is 9.28. The maximum absolute atomic E-state index is 15.7. The van der Waals surface area contributed by atoms with Crippen LogP contribution in [-0.2, 0) is 4.79 Å². The molecule has 1 aliphatic heterocycles. The molecular formula is C27H28ClFN2O3S. The van der Waals surface area contributed by atoms with Crippen molar-refractivity contribution in [2.24, 2.45) is 5.41 Å². The third kappa shape index (κ3) is 6.32. The molecule has 2 aromatic heterocycles. The lowest BCUT2D eigenvalue weighted by Crippen LogP contribution is -2.41. The number of pyridine rings is 1. The van der Waals surface area contributed by atoms with E-state index in [1.165, 1.54) is 6.20 Å². The van der Waals surface area contributed by atoms with Gasteiger partial charge in [-0.15, -0.1) is 11.3 Å². The number of fused-ring (bicyclic) bond motifs is 1. The second kappa shape index (κ2) is 11.4. The molecule has 0 spiro atoms. The van der Waals surface area contributed by atoms with Crippen molar-refractivity contribution in [3.63, 3.8) is 0 Å². The minimum absolute atomic E-state index is 0.0348. The highest BCUT2D eigenvalue weighted by atomic mass is 35.5. The van der Waals surface area contributed by atoms with Gasteiger partial charge in [-0.1, -0.05) is 29.5 Å². The van der Waals surface area contributed by atoms with Crippen LogP contribution >= 0.6 is 22.9 Å². The summed E-state index contributed by atoms with van der Waals surface area (Å²) in [5.41, 5.74) is 0.591. The summed E-state index contributed by atoms with van der Waals surface area (Å²) in [6.45, 7) is 2.15. The molecule has 1 fully saturated rings. The van der Waals surface area contributed by atoms with Gasteiger partial charge < -0.3 is 9.84 Å². The Kier molecular flexibility index (Phi) is 8.27. The number of carboxylic acid groups (broad SMARTS) is 1. The van der Waals surface area contributed by atoms with Gasteiger partial charge in [-0.2, -0.15) is 0 Å². The first kappa shape index (κ1) is 25.4. The third-order valence-corrected chi connectivity index (χ3v) is 7.87. The van der Waals surface area contributed by atoms with Crippen molar-refractivity contribution in [1.82, 2.24) is 9.88 Å². The number of nitrogens with zero attached hydrogens (tertiary/aromatic N) is 2. The first-order valence-electron chi connectivity index (χ1n) is 11.6. The number of halogens is 2. The van der Waals surface area contributed by atoms with Crippen LogP contribution in [0.15, 0.2) is 41.9 Å². The highest BCUT2D eigenvalue weighted by Crippen LogP contribution is 2.44. The smallest absolute Gasteiger partial charge is 0.303 e. The van der Waals surface area contributed by atoms with Crippen molar-refractivity contribution >= 4 is 39.8 Å². The number of rotatable bonds is 8. The van der Waals surface area contributed by atoms with E-state index in [0.29, 0.717) is 48.0 Å². The van der Waals surface area contributed by atoms with E-state index >= 15 is 4.39 Å². The second-order valence-electron chi connectivity index (χ2n) is 9.03. The maximum atomic E-state index is 15.7. The van der Waals surface area contributed by atoms with Gasteiger partial charge in [-0.3, -0.25) is 14.7 Å². The monoisotopic (exact) mass is 514 g/mol. The molecule has 8 heteroatoms. The number of hydrogen-bond acceptors (Lipinski definition) is 5. The Hall–Kier alpha value is -2.66. The highest BCUT2D eigenvalue weighted by Gasteiger charge is 2.37. The number of hydrogen-bond donors (Lipinski definition) is 1. The first-order chi connectivity index (χ1) is 16.9. The fourth-order valence-electron chi connectivity index (χ4n) is 4.80. The lowest BCUT2D eigenvalue weighted by atomic mass is 9.71. The molecule has 0 radical (unpaired) electrons. The predicted molar refractivity (Wildman–Crippen MR) is 138 cm³/mol. The predicted octanol–water partition coefficient (Wildman–Crippen LogP) is 6.36. The average molecular weight is 515 g/mol. The Bertz CT molecular complexity index is 1230. The standard InChI is InChI=1S/C27H28ClFN2O3S/c1-34-19-6-7-24-21(16-19)26(22(28)18-30-24)23(29)8-9-27(17-25(32)33)10-13-31(14-11-27)12-2-4-20-5-3-15-35-20/h3,5-7,15-16,18,23H,8-14,17H2,1H3,(H,32,33). The number of likely N-dealkylation sites (tertiary alicyclic amines) is 1. The fourth-order valence-corrected chi connectivity index (χ4v) is 5.66. The molecule has 35 heavy (non-hydrogen) atoms. The van der Waals surface area contributed by atoms with E-state index in [1.807, 2.05) is 17.5 Å². The van der Waals surface area contributed by atoms with Crippen LogP contribution in [0, 0.1) is 17.3 Å². The van der Waals surface area contributed by atoms with E-state index in [0.717, 1.165) is 18.0 Å². The van der Waals surface area contributed by atoms with Crippen LogP contribution in [0.3, 0.4) is 0 Å². The van der Waals surface area contributed by atoms with Gasteiger partial charge in [0.05, 0.1) is 35.5 Å². The third-order valence-electron chi connectivity index (χ3n) is 6.79. The van der Waals surface area contributed by atoms with Gasteiger partial charge in [-0.25, -0.2) is 4.39 Å². The number of aliphatic carboxylic acids is 1. The summed E-state index contributed by atoms with van der Waals surface area (Å²) in [4.78, 5) is 19.3. The highest BCUT2D eigenvalue weighted by molar-refractivity contribution is 7.10. The van der Waals surface area contributed by atoms with Crippen molar-refractivity contribution in [3.05, 3.63) is 57.4 Å². The van der Waals surface area contributed by atoms with Gasteiger partial charge in [0.2, 0.25) is 0 Å². The number of ether oxygens (including phenoxy) is 1. The van der Waals surface area contributed by atoms with Crippen LogP contribution < -0.4 is 4.74 Å². The van der Waals surface area contributed by atoms with Gasteiger partial charge in [0.1, 0.15) is 11.9 Å². The van der Waals surface area contributed by atoms with E-state index in [-0.39, 0.29) is 17.9 Å². The number of piperidine rings is 1. The molecule has 1 atom stereocenters. The topological polar surface area (TPSA) is 62.7 Å². The SMILES string of the molecule is COc1ccc2ncc(Cl)c(C(F)CCC3(CC(=O)O)CCN(CC#Cc4cccs4)CC3)c2c1. The molecule has 4 rings (SSSR count). The first-order valence-corrected chi connectivity index (χ1v) is 12.9. The number of carboxylic acids is 1. The number of methoxy groups -OCH3 is 1. The summed E-state index contributed by atoms with van der Waals surface area (Å²) in [5.74, 6) is 6.14. The molecule has 0 bridgehead atoms. The molecule has 1 N–H and O–H groups in total. The van der Waals surface area contributed by atoms with E-state index in [4.69, 9.17) is 16.3 Å². The summed E-state index contributed by atoms with van der Waals surface area (Å²) < 4.78 is 21.0. The zero-order valence-electron chi connectivity index (χ0n) is 19.6. The van der Waals surface area contributed by atoms with Crippen molar-refractivity contribution in [3.8, 4) is 17.6 Å². The van der Waals surface area contributed by atoms with Crippen molar-refractivity contribution in [2.75, 3.05) is 26.7 Å². The molecule has 1 saturated heterocycles. The lowest BCUT2D eigenvalue weighted by molar-refractivity contribution is -0.141. The van der Waals surface area contributed by atoms with Gasteiger partial charge >= 0.3 is 5.97 Å². The Morgan fingerprint density at radius 3 is 2.86 bits per heavy atom. The second-order valence-corrected chi connectivity index (χ2v) is 10.4. The van der Waals surface area contributed by atoms with E-state index in [2.05, 4.69) is 21.7 Å². The summed E-state index contributed by atoms with van der Waals surface area (Å²) >= 11 is 8.00. The zero-order valence-corrected chi connectivity index (χ0v) is 21.2. The molecule has 1 unspecified atom stereocenters. The van der Waals surface area contributed by atoms with Crippen molar-refractivity contribution < 1.29 is 19.0 Å². The minimum Gasteiger partial charge on any atom is -0.497 e. The molecule has 1 aromatic carbocycles. The molecule has 0 aliphatic carbocycles. The number of alkyl halides is 1. The summed E-state index contributed by atoms with van der Waals surface area (Å²) in [5, 5.41) is 12.5. The summed E-state index contributed by atoms with van der Waals surface area (Å²) in [6.07, 6.45) is 2.24. The Morgan fingerprint density at radius 2 is 2.17 bits per heavy atom. The lowest BCUT2D eigenvalue weighted by Gasteiger charge is -2.41. The van der Waals surface area contributed by atoms with E-state index in [1.54, 1.807) is 36.6 Å². The summed E-state index contributed by atoms with van der Waals surface area (Å²) in [7, 11) is 1.56. The van der Waals surface area contributed by atoms with Crippen LogP contribution in [-0.4, -0.2) is 47.7 Å². The molecule has 184 valence electrons. The van der Waals surface area contributed by atoms with E-state index in [9.17, 15) is 9.90 Å². The molecular weight excluding hydrogens is 487 g/mol. The van der Waals surface area contributed by atoms with Crippen LogP contribution in [0.25, 0.3) is 10.9 Å². The molecule has 3 heterocycles. The minimum atomic E-state index is -1.33. The fraction of sp³-hybridized carbons (Fsp3) is 0.407. The molecule has 3 aromatic rings. The quantitative estimate of drug-likeness (QED) is 0.354.